The van der Waals surface area contributed by atoms with Crippen LogP contribution >= 0.6 is 0 Å². The summed E-state index contributed by atoms with van der Waals surface area (Å²) in [7, 11) is 1.47. The van der Waals surface area contributed by atoms with Crippen LogP contribution in [0.25, 0.3) is 0 Å². The van der Waals surface area contributed by atoms with E-state index < -0.39 is 0 Å². The Morgan fingerprint density at radius 2 is 1.57 bits per heavy atom. The molecule has 4 heteroatoms. The average molecular weight is 320 g/mol. The van der Waals surface area contributed by atoms with Crippen molar-refractivity contribution in [2.45, 2.75) is 46.5 Å². The second kappa shape index (κ2) is 10.0. The second-order valence-corrected chi connectivity index (χ2v) is 6.43. The van der Waals surface area contributed by atoms with Gasteiger partial charge in [-0.25, -0.2) is 0 Å². The third-order valence-electron chi connectivity index (χ3n) is 3.96. The highest BCUT2D eigenvalue weighted by molar-refractivity contribution is 5.87. The van der Waals surface area contributed by atoms with Gasteiger partial charge >= 0.3 is 0 Å². The van der Waals surface area contributed by atoms with Gasteiger partial charge in [-0.05, 0) is 30.4 Å². The Bertz CT molecular complexity index is 508. The fourth-order valence-electron chi connectivity index (χ4n) is 2.47. The smallest absolute Gasteiger partial charge is 0.153 e. The molecule has 0 N–H and O–H groups in total. The highest BCUT2D eigenvalue weighted by Gasteiger charge is 2.11. The van der Waals surface area contributed by atoms with Crippen LogP contribution in [0.15, 0.2) is 12.1 Å². The van der Waals surface area contributed by atoms with E-state index in [1.165, 1.54) is 32.4 Å². The minimum Gasteiger partial charge on any atom is -0.496 e. The van der Waals surface area contributed by atoms with Crippen molar-refractivity contribution in [1.29, 1.82) is 0 Å². The first-order valence-electron chi connectivity index (χ1n) is 8.27. The predicted molar refractivity (Wildman–Crippen MR) is 91.7 cm³/mol. The Morgan fingerprint density at radius 3 is 2.13 bits per heavy atom. The van der Waals surface area contributed by atoms with Gasteiger partial charge in [0, 0.05) is 0 Å². The molecule has 4 nitrogen and oxygen atoms in total. The lowest BCUT2D eigenvalue weighted by atomic mass is 9.98. The molecule has 0 heterocycles. The molecule has 0 bridgehead atoms. The summed E-state index contributed by atoms with van der Waals surface area (Å²) in [5.74, 6) is 2.15. The normalized spacial score (nSPS) is 12.0. The third-order valence-corrected chi connectivity index (χ3v) is 3.96. The molecule has 1 aromatic carbocycles. The van der Waals surface area contributed by atoms with Crippen molar-refractivity contribution in [2.24, 2.45) is 11.8 Å². The van der Waals surface area contributed by atoms with Gasteiger partial charge in [-0.2, -0.15) is 0 Å². The molecule has 0 saturated heterocycles. The third kappa shape index (κ3) is 6.43. The number of benzene rings is 1. The summed E-state index contributed by atoms with van der Waals surface area (Å²) in [4.78, 5) is 22.2. The van der Waals surface area contributed by atoms with Crippen molar-refractivity contribution < 1.29 is 19.1 Å². The van der Waals surface area contributed by atoms with E-state index in [1.807, 2.05) is 0 Å². The average Bonchev–Trinajstić information content (AvgIpc) is 2.53. The highest BCUT2D eigenvalue weighted by atomic mass is 16.5. The van der Waals surface area contributed by atoms with Crippen molar-refractivity contribution in [2.75, 3.05) is 13.7 Å². The molecule has 128 valence electrons. The Hall–Kier alpha value is -1.84. The van der Waals surface area contributed by atoms with Crippen LogP contribution in [0.5, 0.6) is 11.5 Å². The maximum absolute atomic E-state index is 11.2. The van der Waals surface area contributed by atoms with Crippen LogP contribution in [0.3, 0.4) is 0 Å². The standard InChI is InChI=1S/C19H28O4/c1-14(2)6-5-7-15(3)8-9-23-19-11-16(12-20)18(22-4)10-17(19)13-21/h10-15H,5-9H2,1-4H3/t15-/m0/s1. The van der Waals surface area contributed by atoms with Gasteiger partial charge in [0.25, 0.3) is 0 Å². The first kappa shape index (κ1) is 19.2. The summed E-state index contributed by atoms with van der Waals surface area (Å²) >= 11 is 0. The molecule has 1 aromatic rings. The first-order valence-corrected chi connectivity index (χ1v) is 8.27. The number of aldehydes is 2. The van der Waals surface area contributed by atoms with Gasteiger partial charge in [0.1, 0.15) is 11.5 Å². The zero-order valence-electron chi connectivity index (χ0n) is 14.6. The molecule has 0 radical (unpaired) electrons. The lowest BCUT2D eigenvalue weighted by Gasteiger charge is -2.15. The minimum absolute atomic E-state index is 0.386. The van der Waals surface area contributed by atoms with Crippen molar-refractivity contribution in [3.63, 3.8) is 0 Å². The molecule has 0 aliphatic rings. The fraction of sp³-hybridized carbons (Fsp3) is 0.579. The number of ether oxygens (including phenoxy) is 2. The predicted octanol–water partition coefficient (Wildman–Crippen LogP) is 4.55. The van der Waals surface area contributed by atoms with Gasteiger partial charge in [-0.1, -0.05) is 40.0 Å². The summed E-state index contributed by atoms with van der Waals surface area (Å²) in [6.07, 6.45) is 6.02. The molecule has 0 spiro atoms. The van der Waals surface area contributed by atoms with Crippen LogP contribution in [0.1, 0.15) is 67.2 Å². The zero-order valence-corrected chi connectivity index (χ0v) is 14.6. The number of rotatable bonds is 11. The molecule has 0 aromatic heterocycles. The van der Waals surface area contributed by atoms with E-state index in [-0.39, 0.29) is 0 Å². The Morgan fingerprint density at radius 1 is 0.957 bits per heavy atom. The largest absolute Gasteiger partial charge is 0.496 e. The number of methoxy groups -OCH3 is 1. The van der Waals surface area contributed by atoms with Gasteiger partial charge in [-0.15, -0.1) is 0 Å². The summed E-state index contributed by atoms with van der Waals surface area (Å²) in [5, 5.41) is 0. The molecule has 1 rings (SSSR count). The summed E-state index contributed by atoms with van der Waals surface area (Å²) in [6.45, 7) is 7.23. The summed E-state index contributed by atoms with van der Waals surface area (Å²) in [5.41, 5.74) is 0.790. The highest BCUT2D eigenvalue weighted by Crippen LogP contribution is 2.27. The zero-order chi connectivity index (χ0) is 17.2. The van der Waals surface area contributed by atoms with Crippen LogP contribution < -0.4 is 9.47 Å². The Balaban J connectivity index is 2.56. The quantitative estimate of drug-likeness (QED) is 0.561. The maximum Gasteiger partial charge on any atom is 0.153 e. The molecule has 0 saturated carbocycles. The van der Waals surface area contributed by atoms with Gasteiger partial charge in [-0.3, -0.25) is 9.59 Å². The molecule has 23 heavy (non-hydrogen) atoms. The summed E-state index contributed by atoms with van der Waals surface area (Å²) in [6, 6.07) is 3.11. The SMILES string of the molecule is COc1cc(C=O)c(OCC[C@@H](C)CCCC(C)C)cc1C=O. The first-order chi connectivity index (χ1) is 11.0. The second-order valence-electron chi connectivity index (χ2n) is 6.43. The monoisotopic (exact) mass is 320 g/mol. The topological polar surface area (TPSA) is 52.6 Å². The molecule has 1 atom stereocenters. The van der Waals surface area contributed by atoms with E-state index in [0.29, 0.717) is 41.4 Å². The maximum atomic E-state index is 11.2. The van der Waals surface area contributed by atoms with E-state index in [9.17, 15) is 9.59 Å². The van der Waals surface area contributed by atoms with Crippen molar-refractivity contribution >= 4 is 12.6 Å². The van der Waals surface area contributed by atoms with E-state index >= 15 is 0 Å². The van der Waals surface area contributed by atoms with Gasteiger partial charge in [0.2, 0.25) is 0 Å². The lowest BCUT2D eigenvalue weighted by molar-refractivity contribution is 0.110. The van der Waals surface area contributed by atoms with E-state index in [2.05, 4.69) is 20.8 Å². The van der Waals surface area contributed by atoms with E-state index in [1.54, 1.807) is 6.07 Å². The molecular formula is C19H28O4. The number of hydrogen-bond acceptors (Lipinski definition) is 4. The van der Waals surface area contributed by atoms with Crippen LogP contribution in [-0.2, 0) is 0 Å². The van der Waals surface area contributed by atoms with Crippen LogP contribution in [0.2, 0.25) is 0 Å². The van der Waals surface area contributed by atoms with Gasteiger partial charge < -0.3 is 9.47 Å². The fourth-order valence-corrected chi connectivity index (χ4v) is 2.47. The van der Waals surface area contributed by atoms with Crippen LogP contribution in [0, 0.1) is 11.8 Å². The number of carbonyl (C=O) groups is 2. The van der Waals surface area contributed by atoms with Crippen LogP contribution in [0.4, 0.5) is 0 Å². The minimum atomic E-state index is 0.386. The van der Waals surface area contributed by atoms with Crippen LogP contribution in [-0.4, -0.2) is 26.3 Å². The molecule has 0 unspecified atom stereocenters. The molecule has 0 aliphatic carbocycles. The van der Waals surface area contributed by atoms with E-state index in [0.717, 1.165) is 18.6 Å². The number of carbonyl (C=O) groups excluding carboxylic acids is 2. The van der Waals surface area contributed by atoms with Crippen molar-refractivity contribution in [1.82, 2.24) is 0 Å². The lowest BCUT2D eigenvalue weighted by Crippen LogP contribution is -2.07. The van der Waals surface area contributed by atoms with Crippen molar-refractivity contribution in [3.05, 3.63) is 23.3 Å². The molecular weight excluding hydrogens is 292 g/mol. The van der Waals surface area contributed by atoms with Crippen molar-refractivity contribution in [3.8, 4) is 11.5 Å². The summed E-state index contributed by atoms with van der Waals surface area (Å²) < 4.78 is 10.8. The molecule has 0 aliphatic heterocycles. The van der Waals surface area contributed by atoms with Gasteiger partial charge in [0.15, 0.2) is 12.6 Å². The molecule has 0 amide bonds. The Kier molecular flexibility index (Phi) is 8.38. The number of hydrogen-bond donors (Lipinski definition) is 0. The van der Waals surface area contributed by atoms with E-state index in [4.69, 9.17) is 9.47 Å². The Labute approximate surface area is 139 Å². The molecule has 0 fully saturated rings. The van der Waals surface area contributed by atoms with Gasteiger partial charge in [0.05, 0.1) is 24.8 Å².